The average Bonchev–Trinajstić information content (AvgIpc) is 2.75. The Hall–Kier alpha value is -1.59. The number of nitrogens with one attached hydrogen (secondary N) is 1. The van der Waals surface area contributed by atoms with Crippen LogP contribution in [-0.2, 0) is 4.79 Å². The van der Waals surface area contributed by atoms with Crippen LogP contribution in [0, 0.1) is 5.92 Å². The van der Waals surface area contributed by atoms with E-state index in [1.165, 1.54) is 11.3 Å². The van der Waals surface area contributed by atoms with Crippen molar-refractivity contribution < 1.29 is 9.59 Å². The third-order valence-electron chi connectivity index (χ3n) is 3.10. The quantitative estimate of drug-likeness (QED) is 0.886. The van der Waals surface area contributed by atoms with E-state index in [1.807, 2.05) is 38.1 Å². The molecule has 1 atom stereocenters. The number of fused-ring (bicyclic) bond motifs is 1. The lowest BCUT2D eigenvalue weighted by Gasteiger charge is -2.16. The van der Waals surface area contributed by atoms with Gasteiger partial charge in [0, 0.05) is 10.1 Å². The van der Waals surface area contributed by atoms with Crippen molar-refractivity contribution in [3.05, 3.63) is 34.2 Å². The molecule has 0 aliphatic heterocycles. The summed E-state index contributed by atoms with van der Waals surface area (Å²) in [6.45, 7) is 3.93. The van der Waals surface area contributed by atoms with E-state index >= 15 is 0 Å². The highest BCUT2D eigenvalue weighted by atomic mass is 35.5. The fourth-order valence-electron chi connectivity index (χ4n) is 2.10. The number of nitrogens with two attached hydrogens (primary N) is 1. The van der Waals surface area contributed by atoms with Gasteiger partial charge in [0.1, 0.15) is 10.9 Å². The molecule has 0 spiro atoms. The molecule has 0 radical (unpaired) electrons. The number of benzene rings is 1. The van der Waals surface area contributed by atoms with E-state index in [1.54, 1.807) is 0 Å². The van der Waals surface area contributed by atoms with Crippen molar-refractivity contribution in [3.8, 4) is 0 Å². The van der Waals surface area contributed by atoms with Gasteiger partial charge in [0.2, 0.25) is 5.91 Å². The number of amides is 2. The predicted molar refractivity (Wildman–Crippen MR) is 86.7 cm³/mol. The van der Waals surface area contributed by atoms with E-state index in [0.29, 0.717) is 16.3 Å². The standard InChI is InChI=1S/C15H17ClN2O2S/c1-8(2)7-10(14(17)19)18-15(20)13-12(16)9-5-3-4-6-11(9)21-13/h3-6,8,10H,7H2,1-2H3,(H2,17,19)(H,18,20)/t10-/m0/s1. The Balaban J connectivity index is 2.25. The molecule has 1 heterocycles. The molecular weight excluding hydrogens is 308 g/mol. The molecule has 1 aromatic carbocycles. The number of hydrogen-bond acceptors (Lipinski definition) is 3. The van der Waals surface area contributed by atoms with Gasteiger partial charge in [-0.1, -0.05) is 43.6 Å². The molecule has 4 nitrogen and oxygen atoms in total. The fourth-order valence-corrected chi connectivity index (χ4v) is 3.52. The molecule has 112 valence electrons. The lowest BCUT2D eigenvalue weighted by molar-refractivity contribution is -0.120. The summed E-state index contributed by atoms with van der Waals surface area (Å²) >= 11 is 7.56. The van der Waals surface area contributed by atoms with Crippen molar-refractivity contribution >= 4 is 44.8 Å². The second-order valence-electron chi connectivity index (χ2n) is 5.30. The maximum atomic E-state index is 12.3. The fraction of sp³-hybridized carbons (Fsp3) is 0.333. The third kappa shape index (κ3) is 3.54. The van der Waals surface area contributed by atoms with Gasteiger partial charge in [0.05, 0.1) is 5.02 Å². The number of carbonyl (C=O) groups is 2. The van der Waals surface area contributed by atoms with Crippen LogP contribution >= 0.6 is 22.9 Å². The van der Waals surface area contributed by atoms with Gasteiger partial charge in [0.15, 0.2) is 0 Å². The Kier molecular flexibility index (Phi) is 4.85. The molecule has 0 saturated heterocycles. The smallest absolute Gasteiger partial charge is 0.263 e. The topological polar surface area (TPSA) is 72.2 Å². The average molecular weight is 325 g/mol. The van der Waals surface area contributed by atoms with Crippen molar-refractivity contribution in [3.63, 3.8) is 0 Å². The molecule has 0 fully saturated rings. The summed E-state index contributed by atoms with van der Waals surface area (Å²) < 4.78 is 0.937. The Morgan fingerprint density at radius 1 is 1.33 bits per heavy atom. The summed E-state index contributed by atoms with van der Waals surface area (Å²) in [7, 11) is 0. The van der Waals surface area contributed by atoms with Gasteiger partial charge in [-0.25, -0.2) is 0 Å². The molecule has 0 saturated carbocycles. The Bertz CT molecular complexity index is 681. The number of carbonyl (C=O) groups excluding carboxylic acids is 2. The lowest BCUT2D eigenvalue weighted by atomic mass is 10.0. The Morgan fingerprint density at radius 3 is 2.57 bits per heavy atom. The zero-order chi connectivity index (χ0) is 15.6. The van der Waals surface area contributed by atoms with Crippen LogP contribution in [0.2, 0.25) is 5.02 Å². The predicted octanol–water partition coefficient (Wildman–Crippen LogP) is 3.18. The summed E-state index contributed by atoms with van der Waals surface area (Å²) in [6, 6.07) is 6.85. The minimum atomic E-state index is -0.682. The van der Waals surface area contributed by atoms with Gasteiger partial charge in [-0.3, -0.25) is 9.59 Å². The first kappa shape index (κ1) is 15.8. The minimum absolute atomic E-state index is 0.251. The number of primary amides is 1. The maximum Gasteiger partial charge on any atom is 0.263 e. The Labute approximate surface area is 132 Å². The van der Waals surface area contributed by atoms with Crippen LogP contribution in [0.25, 0.3) is 10.1 Å². The van der Waals surface area contributed by atoms with Gasteiger partial charge in [-0.15, -0.1) is 11.3 Å². The van der Waals surface area contributed by atoms with Crippen LogP contribution in [0.4, 0.5) is 0 Å². The highest BCUT2D eigenvalue weighted by molar-refractivity contribution is 7.21. The molecule has 6 heteroatoms. The van der Waals surface area contributed by atoms with Gasteiger partial charge >= 0.3 is 0 Å². The number of rotatable bonds is 5. The molecule has 2 amide bonds. The van der Waals surface area contributed by atoms with E-state index in [-0.39, 0.29) is 11.8 Å². The number of hydrogen-bond donors (Lipinski definition) is 2. The summed E-state index contributed by atoms with van der Waals surface area (Å²) in [5.41, 5.74) is 5.34. The summed E-state index contributed by atoms with van der Waals surface area (Å²) in [5.74, 6) is -0.638. The molecule has 0 aliphatic carbocycles. The van der Waals surface area contributed by atoms with Gasteiger partial charge in [0.25, 0.3) is 5.91 Å². The van der Waals surface area contributed by atoms with Crippen molar-refractivity contribution in [2.24, 2.45) is 11.7 Å². The second-order valence-corrected chi connectivity index (χ2v) is 6.73. The largest absolute Gasteiger partial charge is 0.368 e. The van der Waals surface area contributed by atoms with Crippen molar-refractivity contribution in [2.75, 3.05) is 0 Å². The summed E-state index contributed by atoms with van der Waals surface area (Å²) in [4.78, 5) is 24.2. The van der Waals surface area contributed by atoms with E-state index < -0.39 is 11.9 Å². The maximum absolute atomic E-state index is 12.3. The van der Waals surface area contributed by atoms with Gasteiger partial charge in [-0.2, -0.15) is 0 Å². The van der Waals surface area contributed by atoms with Crippen LogP contribution in [0.3, 0.4) is 0 Å². The molecule has 1 aromatic heterocycles. The molecule has 0 aliphatic rings. The minimum Gasteiger partial charge on any atom is -0.368 e. The molecule has 3 N–H and O–H groups in total. The highest BCUT2D eigenvalue weighted by Gasteiger charge is 2.23. The summed E-state index contributed by atoms with van der Waals surface area (Å²) in [5, 5.41) is 3.94. The first-order valence-corrected chi connectivity index (χ1v) is 7.86. The third-order valence-corrected chi connectivity index (χ3v) is 4.77. The van der Waals surface area contributed by atoms with Crippen LogP contribution in [0.15, 0.2) is 24.3 Å². The zero-order valence-corrected chi connectivity index (χ0v) is 13.4. The Morgan fingerprint density at radius 2 is 2.00 bits per heavy atom. The number of thiophene rings is 1. The monoisotopic (exact) mass is 324 g/mol. The van der Waals surface area contributed by atoms with E-state index in [9.17, 15) is 9.59 Å². The van der Waals surface area contributed by atoms with Crippen molar-refractivity contribution in [1.29, 1.82) is 0 Å². The molecule has 2 rings (SSSR count). The van der Waals surface area contributed by atoms with Crippen LogP contribution < -0.4 is 11.1 Å². The van der Waals surface area contributed by atoms with Crippen LogP contribution in [0.1, 0.15) is 29.9 Å². The van der Waals surface area contributed by atoms with Crippen LogP contribution in [0.5, 0.6) is 0 Å². The van der Waals surface area contributed by atoms with Crippen molar-refractivity contribution in [2.45, 2.75) is 26.3 Å². The van der Waals surface area contributed by atoms with E-state index in [4.69, 9.17) is 17.3 Å². The first-order chi connectivity index (χ1) is 9.90. The summed E-state index contributed by atoms with van der Waals surface area (Å²) in [6.07, 6.45) is 0.504. The zero-order valence-electron chi connectivity index (χ0n) is 11.9. The lowest BCUT2D eigenvalue weighted by Crippen LogP contribution is -2.45. The highest BCUT2D eigenvalue weighted by Crippen LogP contribution is 2.35. The van der Waals surface area contributed by atoms with Crippen LogP contribution in [-0.4, -0.2) is 17.9 Å². The molecular formula is C15H17ClN2O2S. The van der Waals surface area contributed by atoms with Gasteiger partial charge in [-0.05, 0) is 18.4 Å². The van der Waals surface area contributed by atoms with Crippen molar-refractivity contribution in [1.82, 2.24) is 5.32 Å². The normalized spacial score (nSPS) is 12.6. The first-order valence-electron chi connectivity index (χ1n) is 6.67. The molecule has 21 heavy (non-hydrogen) atoms. The SMILES string of the molecule is CC(C)C[C@H](NC(=O)c1sc2ccccc2c1Cl)C(N)=O. The molecule has 2 aromatic rings. The van der Waals surface area contributed by atoms with Gasteiger partial charge < -0.3 is 11.1 Å². The number of halogens is 1. The van der Waals surface area contributed by atoms with E-state index in [0.717, 1.165) is 10.1 Å². The molecule has 0 bridgehead atoms. The molecule has 0 unspecified atom stereocenters. The second kappa shape index (κ2) is 6.45. The van der Waals surface area contributed by atoms with E-state index in [2.05, 4.69) is 5.32 Å².